The molecule has 4 bridgehead atoms. The Kier molecular flexibility index (Phi) is 16.1. The number of amides is 10. The molecule has 3 N–H and O–H groups in total. The Morgan fingerprint density at radius 2 is 1.02 bits per heavy atom. The lowest BCUT2D eigenvalue weighted by Gasteiger charge is -2.42. The molecular weight excluding hydrogens is 1150 g/mol. The van der Waals surface area contributed by atoms with Crippen LogP contribution in [0.25, 0.3) is 0 Å². The second kappa shape index (κ2) is 23.0. The minimum Gasteiger partial charge on any atom is -0.444 e. The molecule has 9 aliphatic rings. The fourth-order valence-electron chi connectivity index (χ4n) is 13.6. The monoisotopic (exact) mass is 1220 g/mol. The van der Waals surface area contributed by atoms with Gasteiger partial charge in [-0.05, 0) is 135 Å². The summed E-state index contributed by atoms with van der Waals surface area (Å²) in [5.41, 5.74) is -0.111. The van der Waals surface area contributed by atoms with Crippen LogP contribution in [0.15, 0.2) is 53.4 Å². The van der Waals surface area contributed by atoms with E-state index in [1.165, 1.54) is 16.4 Å². The Balaban J connectivity index is 0.000000195. The van der Waals surface area contributed by atoms with Crippen LogP contribution in [0.2, 0.25) is 0 Å². The Morgan fingerprint density at radius 3 is 1.46 bits per heavy atom. The summed E-state index contributed by atoms with van der Waals surface area (Å²) in [4.78, 5) is 135. The summed E-state index contributed by atoms with van der Waals surface area (Å²) >= 11 is 0. The van der Waals surface area contributed by atoms with E-state index in [9.17, 15) is 56.4 Å². The number of benzene rings is 3. The molecule has 9 aliphatic heterocycles. The first kappa shape index (κ1) is 60.8. The zero-order chi connectivity index (χ0) is 62.3. The molecule has 27 heteroatoms. The highest BCUT2D eigenvalue weighted by molar-refractivity contribution is 7.89. The molecule has 6 atom stereocenters. The lowest BCUT2D eigenvalue weighted by molar-refractivity contribution is -0.137. The molecule has 6 unspecified atom stereocenters. The lowest BCUT2D eigenvalue weighted by Crippen LogP contribution is -2.56. The summed E-state index contributed by atoms with van der Waals surface area (Å²) < 4.78 is 70.6. The number of anilines is 2. The summed E-state index contributed by atoms with van der Waals surface area (Å²) in [6, 6.07) is 8.95. The first-order chi connectivity index (χ1) is 41.0. The molecule has 7 saturated heterocycles. The number of halogens is 2. The van der Waals surface area contributed by atoms with Gasteiger partial charge in [0, 0.05) is 88.9 Å². The van der Waals surface area contributed by atoms with Gasteiger partial charge in [0.15, 0.2) is 0 Å². The number of likely N-dealkylation sites (tertiary alicyclic amines) is 2. The van der Waals surface area contributed by atoms with Crippen LogP contribution in [0.4, 0.5) is 29.7 Å². The van der Waals surface area contributed by atoms with Crippen molar-refractivity contribution in [3.63, 3.8) is 0 Å². The number of imide groups is 4. The summed E-state index contributed by atoms with van der Waals surface area (Å²) in [7, 11) is -3.77. The number of piperazine rings is 2. The van der Waals surface area contributed by atoms with Gasteiger partial charge in [-0.2, -0.15) is 4.31 Å². The molecule has 12 rings (SSSR count). The largest absolute Gasteiger partial charge is 0.444 e. The van der Waals surface area contributed by atoms with Gasteiger partial charge in [0.2, 0.25) is 33.7 Å². The topological polar surface area (TPSA) is 282 Å². The first-order valence-electron chi connectivity index (χ1n) is 29.5. The number of ether oxygens (including phenoxy) is 2. The lowest BCUT2D eigenvalue weighted by atomic mass is 10.0. The second-order valence-corrected chi connectivity index (χ2v) is 27.7. The van der Waals surface area contributed by atoms with E-state index in [1.54, 1.807) is 64.6 Å². The number of carbonyl (C=O) groups is 10. The van der Waals surface area contributed by atoms with Gasteiger partial charge in [-0.25, -0.2) is 26.8 Å². The van der Waals surface area contributed by atoms with E-state index in [0.717, 1.165) is 53.2 Å². The fourth-order valence-corrected chi connectivity index (χ4v) is 15.1. The van der Waals surface area contributed by atoms with Crippen molar-refractivity contribution in [2.75, 3.05) is 49.1 Å². The molecule has 24 nitrogen and oxygen atoms in total. The van der Waals surface area contributed by atoms with Gasteiger partial charge in [0.1, 0.15) is 34.9 Å². The van der Waals surface area contributed by atoms with Crippen LogP contribution in [0.1, 0.15) is 153 Å². The molecule has 87 heavy (non-hydrogen) atoms. The Hall–Kier alpha value is -7.91. The highest BCUT2D eigenvalue weighted by Crippen LogP contribution is 2.42. The Morgan fingerprint density at radius 1 is 0.586 bits per heavy atom. The van der Waals surface area contributed by atoms with Crippen molar-refractivity contribution in [3.05, 3.63) is 88.0 Å². The van der Waals surface area contributed by atoms with Gasteiger partial charge in [0.05, 0.1) is 38.5 Å². The van der Waals surface area contributed by atoms with Gasteiger partial charge < -0.3 is 29.5 Å². The quantitative estimate of drug-likeness (QED) is 0.247. The van der Waals surface area contributed by atoms with Crippen LogP contribution in [0.3, 0.4) is 0 Å². The van der Waals surface area contributed by atoms with Crippen LogP contribution in [0, 0.1) is 11.6 Å². The molecule has 0 saturated carbocycles. The normalized spacial score (nSPS) is 25.3. The van der Waals surface area contributed by atoms with Crippen LogP contribution in [0.5, 0.6) is 0 Å². The summed E-state index contributed by atoms with van der Waals surface area (Å²) in [6.45, 7) is 13.7. The number of alkyl carbamates (subject to hydrolysis) is 1. The van der Waals surface area contributed by atoms with Crippen LogP contribution >= 0.6 is 0 Å². The number of hydrogen-bond acceptors (Lipinski definition) is 17. The van der Waals surface area contributed by atoms with Gasteiger partial charge in [-0.3, -0.25) is 63.7 Å². The summed E-state index contributed by atoms with van der Waals surface area (Å²) in [5.74, 6) is -6.50. The van der Waals surface area contributed by atoms with Crippen LogP contribution in [-0.2, 0) is 45.2 Å². The molecule has 3 aromatic carbocycles. The first-order valence-corrected chi connectivity index (χ1v) is 30.9. The molecule has 0 aliphatic carbocycles. The number of piperidine rings is 3. The smallest absolute Gasteiger partial charge is 0.410 e. The third-order valence-corrected chi connectivity index (χ3v) is 19.3. The maximum absolute atomic E-state index is 15.7. The maximum Gasteiger partial charge on any atom is 0.410 e. The number of hydrogen-bond donors (Lipinski definition) is 3. The number of fused-ring (bicyclic) bond motifs is 6. The molecule has 3 aromatic rings. The molecule has 0 spiro atoms. The zero-order valence-electron chi connectivity index (χ0n) is 49.2. The summed E-state index contributed by atoms with van der Waals surface area (Å²) in [6.07, 6.45) is 3.13. The highest BCUT2D eigenvalue weighted by atomic mass is 32.2. The number of carbonyl (C=O) groups excluding carboxylic acids is 10. The Labute approximate surface area is 501 Å². The number of nitrogens with zero attached hydrogens (tertiary/aromatic N) is 7. The molecular formula is C60H70F2N10O14S. The minimum atomic E-state index is -3.77. The predicted molar refractivity (Wildman–Crippen MR) is 305 cm³/mol. The van der Waals surface area contributed by atoms with E-state index >= 15 is 8.78 Å². The van der Waals surface area contributed by atoms with E-state index in [0.29, 0.717) is 45.6 Å². The predicted octanol–water partition coefficient (Wildman–Crippen LogP) is 4.57. The van der Waals surface area contributed by atoms with Crippen molar-refractivity contribution in [2.24, 2.45) is 0 Å². The van der Waals surface area contributed by atoms with E-state index in [-0.39, 0.29) is 108 Å². The molecule has 0 radical (unpaired) electrons. The van der Waals surface area contributed by atoms with Gasteiger partial charge in [-0.15, -0.1) is 0 Å². The molecule has 7 fully saturated rings. The van der Waals surface area contributed by atoms with E-state index in [2.05, 4.69) is 20.9 Å². The van der Waals surface area contributed by atoms with Gasteiger partial charge in [0.25, 0.3) is 23.6 Å². The third kappa shape index (κ3) is 12.0. The molecule has 0 aromatic heterocycles. The van der Waals surface area contributed by atoms with Crippen molar-refractivity contribution < 1.29 is 74.6 Å². The second-order valence-electron chi connectivity index (χ2n) is 25.7. The SMILES string of the molecule is CC(C)(C)OC(=O)N1CC2CCC(C1)N2c1cc2c(cc1F)C(=O)N(C1CCC(=O)NC1=O)C2=O.CC(C)(C)OC(=O)NC1CCN(S(=O)(=O)c2cccc(CN3CC4CCC(C3)N4c3cc4c(cc3F)C(=O)N(C3CCC(=O)NC3=O)C4=O)c2)CC1. The van der Waals surface area contributed by atoms with Crippen molar-refractivity contribution in [1.29, 1.82) is 0 Å². The number of sulfonamides is 1. The van der Waals surface area contributed by atoms with E-state index in [1.807, 2.05) is 15.9 Å². The van der Waals surface area contributed by atoms with Crippen molar-refractivity contribution >= 4 is 80.8 Å². The Bertz CT molecular complexity index is 3520. The highest BCUT2D eigenvalue weighted by Gasteiger charge is 2.50. The molecule has 464 valence electrons. The number of nitrogens with one attached hydrogen (secondary N) is 3. The average molecular weight is 1230 g/mol. The third-order valence-electron chi connectivity index (χ3n) is 17.4. The van der Waals surface area contributed by atoms with Crippen molar-refractivity contribution in [2.45, 2.75) is 171 Å². The van der Waals surface area contributed by atoms with E-state index < -0.39 is 104 Å². The van der Waals surface area contributed by atoms with Crippen LogP contribution < -0.4 is 25.8 Å². The van der Waals surface area contributed by atoms with E-state index in [4.69, 9.17) is 9.47 Å². The summed E-state index contributed by atoms with van der Waals surface area (Å²) in [5, 5.41) is 7.15. The van der Waals surface area contributed by atoms with Gasteiger partial charge >= 0.3 is 12.2 Å². The fraction of sp³-hybridized carbons (Fsp3) is 0.533. The number of rotatable bonds is 9. The molecule has 9 heterocycles. The molecule has 10 amide bonds. The van der Waals surface area contributed by atoms with Crippen molar-refractivity contribution in [3.8, 4) is 0 Å². The van der Waals surface area contributed by atoms with Crippen LogP contribution in [-0.4, -0.2) is 185 Å². The maximum atomic E-state index is 15.7. The van der Waals surface area contributed by atoms with Gasteiger partial charge in [-0.1, -0.05) is 12.1 Å². The standard InChI is InChI=1S/C36H43FN6O8S.C24H27FN4O6/c1-36(2,3)51-35(48)38-22-11-13-41(14-12-22)52(49,50)25-6-4-5-21(15-25)18-40-19-23-7-8-24(20-40)42(23)30-17-27-26(16-28(30)37)33(46)43(34(27)47)29-9-10-31(44)39-32(29)45;1-24(2,3)35-23(34)27-10-12-4-5-13(11-27)28(12)18-9-15-14(8-16(18)25)21(32)29(22(15)33)17-6-7-19(30)26-20(17)31/h4-6,15-17,22-24,29H,7-14,18-20H2,1-3H3,(H,38,48)(H,39,44,45);8-9,12-13,17H,4-7,10-11H2,1-3H3,(H,26,30,31). The van der Waals surface area contributed by atoms with Crippen molar-refractivity contribution in [1.82, 2.24) is 39.9 Å². The zero-order valence-corrected chi connectivity index (χ0v) is 50.0. The average Bonchev–Trinajstić information content (AvgIpc) is 1.66. The minimum absolute atomic E-state index is 0.00731.